The number of carboxylic acids is 2. The molecule has 0 spiro atoms. The Kier molecular flexibility index (Phi) is 9.60. The van der Waals surface area contributed by atoms with Crippen molar-refractivity contribution in [2.75, 3.05) is 32.1 Å². The number of anilines is 1. The Hall–Kier alpha value is -2.87. The van der Waals surface area contributed by atoms with Crippen molar-refractivity contribution in [2.24, 2.45) is 5.73 Å². The monoisotopic (exact) mass is 377 g/mol. The molecule has 4 N–H and O–H groups in total. The summed E-state index contributed by atoms with van der Waals surface area (Å²) in [5.41, 5.74) is 7.68. The third-order valence-electron chi connectivity index (χ3n) is 3.94. The molecule has 8 nitrogen and oxygen atoms in total. The number of hydrogen-bond donors (Lipinski definition) is 3. The number of fused-ring (bicyclic) bond motifs is 1. The summed E-state index contributed by atoms with van der Waals surface area (Å²) < 4.78 is 5.40. The molecule has 0 atom stereocenters. The van der Waals surface area contributed by atoms with Crippen molar-refractivity contribution >= 4 is 28.5 Å². The van der Waals surface area contributed by atoms with Gasteiger partial charge in [-0.1, -0.05) is 18.9 Å². The number of benzene rings is 1. The van der Waals surface area contributed by atoms with Crippen molar-refractivity contribution in [3.63, 3.8) is 0 Å². The van der Waals surface area contributed by atoms with Gasteiger partial charge in [0.05, 0.1) is 18.3 Å². The Morgan fingerprint density at radius 1 is 1.15 bits per heavy atom. The summed E-state index contributed by atoms with van der Waals surface area (Å²) in [6.07, 6.45) is 6.56. The van der Waals surface area contributed by atoms with Gasteiger partial charge in [-0.25, -0.2) is 9.59 Å². The number of nitrogens with zero attached hydrogens (tertiary/aromatic N) is 2. The van der Waals surface area contributed by atoms with E-state index in [1.807, 2.05) is 18.3 Å². The van der Waals surface area contributed by atoms with Crippen LogP contribution < -0.4 is 15.4 Å². The van der Waals surface area contributed by atoms with Crippen LogP contribution in [-0.4, -0.2) is 54.4 Å². The van der Waals surface area contributed by atoms with Gasteiger partial charge in [0.1, 0.15) is 5.75 Å². The van der Waals surface area contributed by atoms with Crippen LogP contribution in [-0.2, 0) is 9.59 Å². The topological polar surface area (TPSA) is 126 Å². The van der Waals surface area contributed by atoms with Gasteiger partial charge in [-0.2, -0.15) is 0 Å². The first-order chi connectivity index (χ1) is 12.9. The quantitative estimate of drug-likeness (QED) is 0.473. The molecule has 0 fully saturated rings. The van der Waals surface area contributed by atoms with Crippen molar-refractivity contribution in [3.05, 3.63) is 30.5 Å². The van der Waals surface area contributed by atoms with Crippen molar-refractivity contribution < 1.29 is 24.5 Å². The zero-order chi connectivity index (χ0) is 20.2. The van der Waals surface area contributed by atoms with E-state index in [1.54, 1.807) is 7.11 Å². The molecule has 148 valence electrons. The highest BCUT2D eigenvalue weighted by Gasteiger charge is 2.09. The zero-order valence-electron chi connectivity index (χ0n) is 15.7. The highest BCUT2D eigenvalue weighted by Crippen LogP contribution is 2.30. The SMILES string of the molecule is COc1cc(N(C)CCCCCCN)c2ncccc2c1.O=C(O)C(=O)O. The summed E-state index contributed by atoms with van der Waals surface area (Å²) in [6, 6.07) is 8.12. The predicted molar refractivity (Wildman–Crippen MR) is 104 cm³/mol. The maximum Gasteiger partial charge on any atom is 0.414 e. The van der Waals surface area contributed by atoms with Crippen LogP contribution in [0.1, 0.15) is 25.7 Å². The standard InChI is InChI=1S/C17H25N3O.C2H2O4/c1-20(11-6-4-3-5-9-18)16-13-15(21-2)12-14-8-7-10-19-17(14)16;3-1(4)2(5)6/h7-8,10,12-13H,3-6,9,11,18H2,1-2H3;(H,3,4)(H,5,6). The smallest absolute Gasteiger partial charge is 0.414 e. The summed E-state index contributed by atoms with van der Waals surface area (Å²) in [7, 11) is 3.82. The molecule has 0 aliphatic rings. The highest BCUT2D eigenvalue weighted by atomic mass is 16.5. The summed E-state index contributed by atoms with van der Waals surface area (Å²) >= 11 is 0. The van der Waals surface area contributed by atoms with Crippen molar-refractivity contribution in [3.8, 4) is 5.75 Å². The van der Waals surface area contributed by atoms with Crippen LogP contribution in [0.15, 0.2) is 30.5 Å². The molecule has 0 saturated heterocycles. The maximum absolute atomic E-state index is 9.10. The molecule has 0 aliphatic heterocycles. The van der Waals surface area contributed by atoms with E-state index in [0.29, 0.717) is 0 Å². The number of carbonyl (C=O) groups is 2. The number of unbranched alkanes of at least 4 members (excludes halogenated alkanes) is 3. The lowest BCUT2D eigenvalue weighted by molar-refractivity contribution is -0.159. The number of rotatable bonds is 8. The lowest BCUT2D eigenvalue weighted by Crippen LogP contribution is -2.19. The first-order valence-electron chi connectivity index (χ1n) is 8.70. The number of hydrogen-bond acceptors (Lipinski definition) is 6. The van der Waals surface area contributed by atoms with Gasteiger partial charge < -0.3 is 25.6 Å². The molecule has 0 unspecified atom stereocenters. The second-order valence-corrected chi connectivity index (χ2v) is 5.96. The van der Waals surface area contributed by atoms with E-state index in [0.717, 1.165) is 41.9 Å². The number of carboxylic acid groups (broad SMARTS) is 2. The van der Waals surface area contributed by atoms with Gasteiger partial charge in [-0.3, -0.25) is 4.98 Å². The van der Waals surface area contributed by atoms with Gasteiger partial charge in [0, 0.05) is 31.2 Å². The Labute approximate surface area is 158 Å². The molecule has 1 aromatic carbocycles. The number of aromatic nitrogens is 1. The average molecular weight is 377 g/mol. The third kappa shape index (κ3) is 7.49. The van der Waals surface area contributed by atoms with Crippen LogP contribution in [0.4, 0.5) is 5.69 Å². The summed E-state index contributed by atoms with van der Waals surface area (Å²) in [5, 5.41) is 15.9. The number of pyridine rings is 1. The van der Waals surface area contributed by atoms with Crippen molar-refractivity contribution in [1.82, 2.24) is 4.98 Å². The minimum atomic E-state index is -1.82. The maximum atomic E-state index is 9.10. The largest absolute Gasteiger partial charge is 0.497 e. The molecular weight excluding hydrogens is 350 g/mol. The summed E-state index contributed by atoms with van der Waals surface area (Å²) in [4.78, 5) is 25.0. The van der Waals surface area contributed by atoms with E-state index in [1.165, 1.54) is 19.3 Å². The molecule has 0 radical (unpaired) electrons. The molecule has 1 aromatic heterocycles. The van der Waals surface area contributed by atoms with Gasteiger partial charge in [-0.05, 0) is 31.5 Å². The Bertz CT molecular complexity index is 739. The first-order valence-corrected chi connectivity index (χ1v) is 8.70. The molecule has 0 saturated carbocycles. The fraction of sp³-hybridized carbons (Fsp3) is 0.421. The van der Waals surface area contributed by atoms with E-state index >= 15 is 0 Å². The van der Waals surface area contributed by atoms with E-state index in [4.69, 9.17) is 30.3 Å². The summed E-state index contributed by atoms with van der Waals surface area (Å²) in [5.74, 6) is -2.77. The molecule has 8 heteroatoms. The first kappa shape index (κ1) is 22.2. The third-order valence-corrected chi connectivity index (χ3v) is 3.94. The minimum absolute atomic E-state index is 0.792. The second kappa shape index (κ2) is 11.7. The van der Waals surface area contributed by atoms with Gasteiger partial charge in [0.25, 0.3) is 0 Å². The van der Waals surface area contributed by atoms with Crippen molar-refractivity contribution in [2.45, 2.75) is 25.7 Å². The van der Waals surface area contributed by atoms with E-state index in [-0.39, 0.29) is 0 Å². The van der Waals surface area contributed by atoms with Crippen LogP contribution in [0, 0.1) is 0 Å². The summed E-state index contributed by atoms with van der Waals surface area (Å²) in [6.45, 7) is 1.81. The van der Waals surface area contributed by atoms with Crippen LogP contribution in [0.5, 0.6) is 5.75 Å². The van der Waals surface area contributed by atoms with Crippen molar-refractivity contribution in [1.29, 1.82) is 0 Å². The normalized spacial score (nSPS) is 10.0. The molecule has 2 rings (SSSR count). The van der Waals surface area contributed by atoms with Crippen LogP contribution in [0.2, 0.25) is 0 Å². The number of methoxy groups -OCH3 is 1. The van der Waals surface area contributed by atoms with Gasteiger partial charge >= 0.3 is 11.9 Å². The van der Waals surface area contributed by atoms with Gasteiger partial charge in [0.2, 0.25) is 0 Å². The van der Waals surface area contributed by atoms with Crippen LogP contribution >= 0.6 is 0 Å². The molecular formula is C19H27N3O5. The molecule has 2 aromatic rings. The lowest BCUT2D eigenvalue weighted by atomic mass is 10.1. The van der Waals surface area contributed by atoms with E-state index < -0.39 is 11.9 Å². The lowest BCUT2D eigenvalue weighted by Gasteiger charge is -2.21. The molecule has 1 heterocycles. The minimum Gasteiger partial charge on any atom is -0.497 e. The Balaban J connectivity index is 0.000000527. The Morgan fingerprint density at radius 3 is 2.41 bits per heavy atom. The highest BCUT2D eigenvalue weighted by molar-refractivity contribution is 6.27. The second-order valence-electron chi connectivity index (χ2n) is 5.96. The number of aliphatic carboxylic acids is 2. The average Bonchev–Trinajstić information content (AvgIpc) is 2.67. The number of nitrogens with two attached hydrogens (primary N) is 1. The molecule has 0 bridgehead atoms. The fourth-order valence-corrected chi connectivity index (χ4v) is 2.52. The fourth-order valence-electron chi connectivity index (χ4n) is 2.52. The predicted octanol–water partition coefficient (Wildman–Crippen LogP) is 2.35. The van der Waals surface area contributed by atoms with E-state index in [2.05, 4.69) is 29.1 Å². The van der Waals surface area contributed by atoms with Gasteiger partial charge in [-0.15, -0.1) is 0 Å². The van der Waals surface area contributed by atoms with E-state index in [9.17, 15) is 0 Å². The Morgan fingerprint density at radius 2 is 1.81 bits per heavy atom. The number of ether oxygens (including phenoxy) is 1. The molecule has 0 aliphatic carbocycles. The van der Waals surface area contributed by atoms with Crippen LogP contribution in [0.3, 0.4) is 0 Å². The zero-order valence-corrected chi connectivity index (χ0v) is 15.7. The van der Waals surface area contributed by atoms with Crippen LogP contribution in [0.25, 0.3) is 10.9 Å². The molecule has 0 amide bonds. The molecule has 27 heavy (non-hydrogen) atoms. The van der Waals surface area contributed by atoms with Gasteiger partial charge in [0.15, 0.2) is 0 Å².